The molecule has 0 unspecified atom stereocenters. The maximum atomic E-state index is 13.6. The van der Waals surface area contributed by atoms with Crippen molar-refractivity contribution in [1.29, 1.82) is 0 Å². The van der Waals surface area contributed by atoms with Crippen LogP contribution in [0.3, 0.4) is 0 Å². The fraction of sp³-hybridized carbons (Fsp3) is 0.850. The molecule has 12 heteroatoms. The minimum atomic E-state index is -0.838. The van der Waals surface area contributed by atoms with Gasteiger partial charge in [-0.3, -0.25) is 28.8 Å². The van der Waals surface area contributed by atoms with Crippen molar-refractivity contribution in [3.05, 3.63) is 0 Å². The quantitative estimate of drug-likeness (QED) is 0.0471. The van der Waals surface area contributed by atoms with Crippen LogP contribution in [0.4, 0.5) is 0 Å². The van der Waals surface area contributed by atoms with Gasteiger partial charge in [0, 0.05) is 51.4 Å². The topological polar surface area (TPSA) is 175 Å². The van der Waals surface area contributed by atoms with Gasteiger partial charge >= 0.3 is 0 Å². The highest BCUT2D eigenvalue weighted by Crippen LogP contribution is 2.09. The SMILES string of the molecule is CCCCCC(=O)NCCCCC(=O)N[C@@H](CCCCNC(=O)CCCCC)C(=O)N[C@H](CCCCNC(=O)CCCCC(C)C)C(=O)NC(C)C. The highest BCUT2D eigenvalue weighted by molar-refractivity contribution is 5.92. The molecule has 52 heavy (non-hydrogen) atoms. The molecule has 12 nitrogen and oxygen atoms in total. The Morgan fingerprint density at radius 1 is 0.404 bits per heavy atom. The van der Waals surface area contributed by atoms with Gasteiger partial charge in [0.25, 0.3) is 0 Å². The fourth-order valence-corrected chi connectivity index (χ4v) is 5.68. The van der Waals surface area contributed by atoms with Crippen molar-refractivity contribution in [2.24, 2.45) is 5.92 Å². The van der Waals surface area contributed by atoms with Crippen LogP contribution < -0.4 is 31.9 Å². The molecule has 0 aromatic heterocycles. The van der Waals surface area contributed by atoms with E-state index in [0.29, 0.717) is 96.2 Å². The zero-order valence-electron chi connectivity index (χ0n) is 33.7. The lowest BCUT2D eigenvalue weighted by Crippen LogP contribution is -2.54. The normalized spacial score (nSPS) is 12.2. The van der Waals surface area contributed by atoms with Crippen molar-refractivity contribution in [2.75, 3.05) is 19.6 Å². The van der Waals surface area contributed by atoms with Crippen molar-refractivity contribution >= 4 is 35.4 Å². The molecule has 0 fully saturated rings. The summed E-state index contributed by atoms with van der Waals surface area (Å²) in [5, 5.41) is 17.5. The molecule has 0 aromatic rings. The minimum absolute atomic E-state index is 0.0217. The lowest BCUT2D eigenvalue weighted by Gasteiger charge is -2.24. The van der Waals surface area contributed by atoms with E-state index in [9.17, 15) is 28.8 Å². The summed E-state index contributed by atoms with van der Waals surface area (Å²) in [5.74, 6) is -0.255. The maximum absolute atomic E-state index is 13.6. The number of nitrogens with one attached hydrogen (secondary N) is 6. The summed E-state index contributed by atoms with van der Waals surface area (Å²) >= 11 is 0. The number of hydrogen-bond acceptors (Lipinski definition) is 6. The Morgan fingerprint density at radius 2 is 0.769 bits per heavy atom. The zero-order chi connectivity index (χ0) is 39.0. The van der Waals surface area contributed by atoms with Crippen LogP contribution in [0.25, 0.3) is 0 Å². The molecule has 0 bridgehead atoms. The lowest BCUT2D eigenvalue weighted by molar-refractivity contribution is -0.132. The van der Waals surface area contributed by atoms with Gasteiger partial charge in [0.2, 0.25) is 35.4 Å². The van der Waals surface area contributed by atoms with Crippen molar-refractivity contribution < 1.29 is 28.8 Å². The number of rotatable bonds is 33. The largest absolute Gasteiger partial charge is 0.356 e. The third kappa shape index (κ3) is 29.4. The van der Waals surface area contributed by atoms with Crippen LogP contribution in [0, 0.1) is 5.92 Å². The average molecular weight is 737 g/mol. The molecular formula is C40H76N6O6. The van der Waals surface area contributed by atoms with Gasteiger partial charge in [-0.15, -0.1) is 0 Å². The predicted octanol–water partition coefficient (Wildman–Crippen LogP) is 5.72. The van der Waals surface area contributed by atoms with Gasteiger partial charge in [0.05, 0.1) is 0 Å². The summed E-state index contributed by atoms with van der Waals surface area (Å²) in [4.78, 5) is 76.0. The van der Waals surface area contributed by atoms with Crippen LogP contribution in [-0.4, -0.2) is 73.2 Å². The molecule has 0 saturated carbocycles. The van der Waals surface area contributed by atoms with Crippen LogP contribution in [0.1, 0.15) is 176 Å². The third-order valence-electron chi connectivity index (χ3n) is 8.80. The van der Waals surface area contributed by atoms with Crippen molar-refractivity contribution in [2.45, 2.75) is 195 Å². The van der Waals surface area contributed by atoms with Crippen molar-refractivity contribution in [3.63, 3.8) is 0 Å². The summed E-state index contributed by atoms with van der Waals surface area (Å²) in [5.41, 5.74) is 0. The van der Waals surface area contributed by atoms with E-state index in [2.05, 4.69) is 59.6 Å². The van der Waals surface area contributed by atoms with Gasteiger partial charge in [-0.05, 0) is 90.4 Å². The first-order chi connectivity index (χ1) is 24.9. The summed E-state index contributed by atoms with van der Waals surface area (Å²) in [7, 11) is 0. The summed E-state index contributed by atoms with van der Waals surface area (Å²) in [6, 6.07) is -1.74. The molecule has 0 rings (SSSR count). The highest BCUT2D eigenvalue weighted by Gasteiger charge is 2.26. The van der Waals surface area contributed by atoms with Gasteiger partial charge in [-0.1, -0.05) is 66.2 Å². The predicted molar refractivity (Wildman–Crippen MR) is 209 cm³/mol. The minimum Gasteiger partial charge on any atom is -0.356 e. The van der Waals surface area contributed by atoms with E-state index in [1.54, 1.807) is 0 Å². The smallest absolute Gasteiger partial charge is 0.243 e. The Labute approximate surface area is 315 Å². The van der Waals surface area contributed by atoms with E-state index in [1.807, 2.05) is 13.8 Å². The first-order valence-corrected chi connectivity index (χ1v) is 20.6. The second-order valence-corrected chi connectivity index (χ2v) is 14.9. The van der Waals surface area contributed by atoms with E-state index >= 15 is 0 Å². The Morgan fingerprint density at radius 3 is 1.21 bits per heavy atom. The maximum Gasteiger partial charge on any atom is 0.243 e. The van der Waals surface area contributed by atoms with Crippen LogP contribution in [0.2, 0.25) is 0 Å². The highest BCUT2D eigenvalue weighted by atomic mass is 16.2. The molecule has 0 heterocycles. The van der Waals surface area contributed by atoms with E-state index < -0.39 is 18.0 Å². The Balaban J connectivity index is 5.16. The Hall–Kier alpha value is -3.18. The molecule has 0 aliphatic rings. The summed E-state index contributed by atoms with van der Waals surface area (Å²) in [6.07, 6.45) is 15.1. The average Bonchev–Trinajstić information content (AvgIpc) is 3.08. The molecule has 0 radical (unpaired) electrons. The van der Waals surface area contributed by atoms with E-state index in [-0.39, 0.29) is 42.0 Å². The monoisotopic (exact) mass is 737 g/mol. The van der Waals surface area contributed by atoms with Crippen LogP contribution in [0.15, 0.2) is 0 Å². The van der Waals surface area contributed by atoms with E-state index in [4.69, 9.17) is 0 Å². The standard InChI is InChI=1S/C40H76N6O6/c1-7-9-11-24-35(47)41-28-18-15-22-33(45-38(50)27-17-20-30-43-36(48)25-12-10-8-2)40(52)46-34(39(51)44-32(5)6)23-16-19-29-42-37(49)26-14-13-21-31(3)4/h31-34H,7-30H2,1-6H3,(H,41,47)(H,42,49)(H,43,48)(H,44,51)(H,45,50)(H,46,52)/t33-,34+/m0/s1. The number of carbonyl (C=O) groups excluding carboxylic acids is 6. The van der Waals surface area contributed by atoms with E-state index in [1.165, 1.54) is 0 Å². The summed E-state index contributed by atoms with van der Waals surface area (Å²) in [6.45, 7) is 13.8. The molecule has 6 N–H and O–H groups in total. The van der Waals surface area contributed by atoms with Gasteiger partial charge in [-0.25, -0.2) is 0 Å². The molecule has 0 spiro atoms. The van der Waals surface area contributed by atoms with Crippen molar-refractivity contribution in [1.82, 2.24) is 31.9 Å². The van der Waals surface area contributed by atoms with Gasteiger partial charge in [0.1, 0.15) is 12.1 Å². The van der Waals surface area contributed by atoms with E-state index in [0.717, 1.165) is 57.8 Å². The van der Waals surface area contributed by atoms with Crippen LogP contribution in [0.5, 0.6) is 0 Å². The number of carbonyl (C=O) groups is 6. The molecule has 2 atom stereocenters. The van der Waals surface area contributed by atoms with Crippen LogP contribution >= 0.6 is 0 Å². The Kier molecular flexibility index (Phi) is 30.5. The molecule has 0 aliphatic carbocycles. The number of hydrogen-bond donors (Lipinski definition) is 6. The number of unbranched alkanes of at least 4 members (excludes halogenated alkanes) is 8. The molecule has 0 aliphatic heterocycles. The summed E-state index contributed by atoms with van der Waals surface area (Å²) < 4.78 is 0. The van der Waals surface area contributed by atoms with Gasteiger partial charge < -0.3 is 31.9 Å². The number of amides is 6. The molecule has 302 valence electrons. The van der Waals surface area contributed by atoms with Gasteiger partial charge in [0.15, 0.2) is 0 Å². The molecule has 0 aromatic carbocycles. The lowest BCUT2D eigenvalue weighted by atomic mass is 10.0. The first kappa shape index (κ1) is 48.8. The third-order valence-corrected chi connectivity index (χ3v) is 8.80. The zero-order valence-corrected chi connectivity index (χ0v) is 33.7. The molecular weight excluding hydrogens is 660 g/mol. The second-order valence-electron chi connectivity index (χ2n) is 14.9. The first-order valence-electron chi connectivity index (χ1n) is 20.6. The molecule has 6 amide bonds. The fourth-order valence-electron chi connectivity index (χ4n) is 5.68. The van der Waals surface area contributed by atoms with Crippen LogP contribution in [-0.2, 0) is 28.8 Å². The van der Waals surface area contributed by atoms with Crippen molar-refractivity contribution in [3.8, 4) is 0 Å². The van der Waals surface area contributed by atoms with Gasteiger partial charge in [-0.2, -0.15) is 0 Å². The Bertz CT molecular complexity index is 1010. The second kappa shape index (κ2) is 32.5. The molecule has 0 saturated heterocycles.